The van der Waals surface area contributed by atoms with E-state index in [0.29, 0.717) is 30.6 Å². The van der Waals surface area contributed by atoms with Crippen molar-refractivity contribution in [1.82, 2.24) is 10.2 Å². The summed E-state index contributed by atoms with van der Waals surface area (Å²) in [5, 5.41) is 10.4. The number of rotatable bonds is 7. The quantitative estimate of drug-likeness (QED) is 0.455. The Morgan fingerprint density at radius 3 is 2.27 bits per heavy atom. The molecule has 2 amide bonds. The van der Waals surface area contributed by atoms with Crippen molar-refractivity contribution in [3.8, 4) is 0 Å². The second-order valence-electron chi connectivity index (χ2n) is 9.00. The van der Waals surface area contributed by atoms with Gasteiger partial charge < -0.3 is 21.1 Å². The molecule has 0 aliphatic carbocycles. The number of carboxylic acids is 1. The number of hydrogen-bond donors (Lipinski definition) is 3. The minimum absolute atomic E-state index is 0.0905. The molecule has 1 heterocycles. The molecule has 4 N–H and O–H groups in total. The normalized spacial score (nSPS) is 15.0. The SMILES string of the molecule is CC(=O)O.NC(CC(=O)N1Cc2ccccc2CC1CNC(=O)c1ccccc1)Cc1ccccc1F. The molecule has 7 nitrogen and oxygen atoms in total. The third kappa shape index (κ3) is 8.25. The van der Waals surface area contributed by atoms with Gasteiger partial charge in [0.1, 0.15) is 5.82 Å². The summed E-state index contributed by atoms with van der Waals surface area (Å²) >= 11 is 0. The summed E-state index contributed by atoms with van der Waals surface area (Å²) in [6, 6.07) is 22.9. The average Bonchev–Trinajstić information content (AvgIpc) is 2.88. The Balaban J connectivity index is 0.000000886. The molecular weight excluding hydrogens is 473 g/mol. The van der Waals surface area contributed by atoms with E-state index in [1.807, 2.05) is 36.4 Å². The number of hydrogen-bond acceptors (Lipinski definition) is 4. The molecule has 0 saturated heterocycles. The van der Waals surface area contributed by atoms with Crippen molar-refractivity contribution in [3.05, 3.63) is 107 Å². The highest BCUT2D eigenvalue weighted by Gasteiger charge is 2.30. The van der Waals surface area contributed by atoms with Crippen LogP contribution in [0, 0.1) is 5.82 Å². The summed E-state index contributed by atoms with van der Waals surface area (Å²) in [5.41, 5.74) is 9.60. The van der Waals surface area contributed by atoms with Crippen LogP contribution >= 0.6 is 0 Å². The largest absolute Gasteiger partial charge is 0.481 e. The van der Waals surface area contributed by atoms with Gasteiger partial charge in [0.15, 0.2) is 0 Å². The maximum Gasteiger partial charge on any atom is 0.300 e. The molecular formula is C29H32FN3O4. The Hall–Kier alpha value is -4.04. The van der Waals surface area contributed by atoms with Crippen LogP contribution in [0.3, 0.4) is 0 Å². The second kappa shape index (κ2) is 13.3. The number of amides is 2. The van der Waals surface area contributed by atoms with E-state index in [-0.39, 0.29) is 36.5 Å². The molecule has 0 aromatic heterocycles. The molecule has 1 aliphatic rings. The van der Waals surface area contributed by atoms with Crippen molar-refractivity contribution in [2.45, 2.75) is 44.8 Å². The Morgan fingerprint density at radius 2 is 1.59 bits per heavy atom. The highest BCUT2D eigenvalue weighted by Crippen LogP contribution is 2.24. The van der Waals surface area contributed by atoms with Crippen LogP contribution in [0.15, 0.2) is 78.9 Å². The second-order valence-corrected chi connectivity index (χ2v) is 9.00. The zero-order valence-corrected chi connectivity index (χ0v) is 20.8. The molecule has 37 heavy (non-hydrogen) atoms. The smallest absolute Gasteiger partial charge is 0.300 e. The van der Waals surface area contributed by atoms with Gasteiger partial charge in [-0.3, -0.25) is 14.4 Å². The number of benzene rings is 3. The first-order valence-corrected chi connectivity index (χ1v) is 12.1. The van der Waals surface area contributed by atoms with Crippen molar-refractivity contribution in [3.63, 3.8) is 0 Å². The Kier molecular flexibility index (Phi) is 9.92. The van der Waals surface area contributed by atoms with Crippen molar-refractivity contribution >= 4 is 17.8 Å². The molecule has 0 bridgehead atoms. The van der Waals surface area contributed by atoms with Crippen LogP contribution in [0.5, 0.6) is 0 Å². The van der Waals surface area contributed by atoms with E-state index in [4.69, 9.17) is 15.6 Å². The topological polar surface area (TPSA) is 113 Å². The summed E-state index contributed by atoms with van der Waals surface area (Å²) in [7, 11) is 0. The molecule has 4 rings (SSSR count). The number of carbonyl (C=O) groups excluding carboxylic acids is 2. The van der Waals surface area contributed by atoms with E-state index in [9.17, 15) is 14.0 Å². The summed E-state index contributed by atoms with van der Waals surface area (Å²) < 4.78 is 14.0. The Morgan fingerprint density at radius 1 is 1.00 bits per heavy atom. The summed E-state index contributed by atoms with van der Waals surface area (Å²) in [5.74, 6) is -1.40. The molecule has 2 atom stereocenters. The summed E-state index contributed by atoms with van der Waals surface area (Å²) in [4.78, 5) is 36.6. The van der Waals surface area contributed by atoms with Crippen molar-refractivity contribution in [1.29, 1.82) is 0 Å². The highest BCUT2D eigenvalue weighted by molar-refractivity contribution is 5.94. The summed E-state index contributed by atoms with van der Waals surface area (Å²) in [6.45, 7) is 1.89. The molecule has 0 saturated carbocycles. The number of carboxylic acid groups (broad SMARTS) is 1. The van der Waals surface area contributed by atoms with E-state index in [1.54, 1.807) is 35.2 Å². The first-order chi connectivity index (χ1) is 17.7. The van der Waals surface area contributed by atoms with Crippen LogP contribution in [0.25, 0.3) is 0 Å². The minimum atomic E-state index is -0.833. The fraction of sp³-hybridized carbons (Fsp3) is 0.276. The molecule has 194 valence electrons. The van der Waals surface area contributed by atoms with Gasteiger partial charge >= 0.3 is 0 Å². The van der Waals surface area contributed by atoms with E-state index in [2.05, 4.69) is 11.4 Å². The lowest BCUT2D eigenvalue weighted by molar-refractivity contribution is -0.135. The number of nitrogens with zero attached hydrogens (tertiary/aromatic N) is 1. The monoisotopic (exact) mass is 505 g/mol. The van der Waals surface area contributed by atoms with Crippen molar-refractivity contribution in [2.24, 2.45) is 5.73 Å². The lowest BCUT2D eigenvalue weighted by Gasteiger charge is -2.37. The fourth-order valence-electron chi connectivity index (χ4n) is 4.32. The molecule has 3 aromatic carbocycles. The van der Waals surface area contributed by atoms with Crippen LogP contribution in [0.2, 0.25) is 0 Å². The number of aliphatic carboxylic acids is 1. The van der Waals surface area contributed by atoms with Gasteiger partial charge in [0, 0.05) is 38.0 Å². The van der Waals surface area contributed by atoms with E-state index < -0.39 is 12.0 Å². The first-order valence-electron chi connectivity index (χ1n) is 12.1. The average molecular weight is 506 g/mol. The van der Waals surface area contributed by atoms with Crippen molar-refractivity contribution in [2.75, 3.05) is 6.54 Å². The van der Waals surface area contributed by atoms with Crippen LogP contribution in [0.4, 0.5) is 4.39 Å². The number of nitrogens with two attached hydrogens (primary N) is 1. The molecule has 3 aromatic rings. The number of nitrogens with one attached hydrogen (secondary N) is 1. The third-order valence-corrected chi connectivity index (χ3v) is 6.09. The first kappa shape index (κ1) is 27.5. The van der Waals surface area contributed by atoms with Gasteiger partial charge in [0.25, 0.3) is 11.9 Å². The van der Waals surface area contributed by atoms with Crippen LogP contribution < -0.4 is 11.1 Å². The van der Waals surface area contributed by atoms with Gasteiger partial charge in [-0.05, 0) is 47.7 Å². The lowest BCUT2D eigenvalue weighted by atomic mass is 9.93. The lowest BCUT2D eigenvalue weighted by Crippen LogP contribution is -2.51. The molecule has 0 fully saturated rings. The highest BCUT2D eigenvalue weighted by atomic mass is 19.1. The van der Waals surface area contributed by atoms with Crippen LogP contribution in [-0.4, -0.2) is 46.4 Å². The zero-order chi connectivity index (χ0) is 26.8. The van der Waals surface area contributed by atoms with E-state index in [0.717, 1.165) is 12.5 Å². The van der Waals surface area contributed by atoms with E-state index >= 15 is 0 Å². The van der Waals surface area contributed by atoms with Gasteiger partial charge in [0.05, 0.1) is 6.04 Å². The number of carbonyl (C=O) groups is 3. The summed E-state index contributed by atoms with van der Waals surface area (Å²) in [6.07, 6.45) is 1.05. The fourth-order valence-corrected chi connectivity index (χ4v) is 4.32. The Bertz CT molecular complexity index is 1210. The minimum Gasteiger partial charge on any atom is -0.481 e. The van der Waals surface area contributed by atoms with Gasteiger partial charge in [-0.25, -0.2) is 4.39 Å². The zero-order valence-electron chi connectivity index (χ0n) is 20.8. The molecule has 8 heteroatoms. The van der Waals surface area contributed by atoms with Gasteiger partial charge in [-0.15, -0.1) is 0 Å². The van der Waals surface area contributed by atoms with Gasteiger partial charge in [0.2, 0.25) is 5.91 Å². The van der Waals surface area contributed by atoms with Gasteiger partial charge in [-0.1, -0.05) is 60.7 Å². The van der Waals surface area contributed by atoms with Crippen LogP contribution in [0.1, 0.15) is 40.4 Å². The number of fused-ring (bicyclic) bond motifs is 1. The van der Waals surface area contributed by atoms with Crippen LogP contribution in [-0.2, 0) is 29.0 Å². The maximum atomic E-state index is 14.0. The predicted molar refractivity (Wildman–Crippen MR) is 139 cm³/mol. The maximum absolute atomic E-state index is 14.0. The third-order valence-electron chi connectivity index (χ3n) is 6.09. The van der Waals surface area contributed by atoms with Crippen molar-refractivity contribution < 1.29 is 23.9 Å². The predicted octanol–water partition coefficient (Wildman–Crippen LogP) is 3.56. The number of halogens is 1. The molecule has 1 aliphatic heterocycles. The molecule has 2 unspecified atom stereocenters. The molecule has 0 spiro atoms. The molecule has 0 radical (unpaired) electrons. The van der Waals surface area contributed by atoms with E-state index in [1.165, 1.54) is 11.6 Å². The Labute approximate surface area is 216 Å². The standard InChI is InChI=1S/C27H28FN3O2.C2H4O2/c28-25-13-7-6-11-21(25)14-23(29)16-26(32)31-18-22-12-5-4-10-20(22)15-24(31)17-30-27(33)19-8-2-1-3-9-19;1-2(3)4/h1-13,23-24H,14-18,29H2,(H,30,33);1H3,(H,3,4). The van der Waals surface area contributed by atoms with Gasteiger partial charge in [-0.2, -0.15) is 0 Å².